The second kappa shape index (κ2) is 10.7. The highest BCUT2D eigenvalue weighted by molar-refractivity contribution is 5.85. The fourth-order valence-corrected chi connectivity index (χ4v) is 0. The number of aliphatic carboxylic acids is 1. The number of hydrogen-bond acceptors (Lipinski definition) is 2. The molecule has 0 aromatic heterocycles. The number of rotatable bonds is 1. The molecule has 0 saturated heterocycles. The molecule has 0 heterocycles. The van der Waals surface area contributed by atoms with Gasteiger partial charge < -0.3 is 16.6 Å². The van der Waals surface area contributed by atoms with Crippen LogP contribution < -0.4 is 11.5 Å². The molecule has 0 radical (unpaired) electrons. The number of carboxylic acids is 1. The normalized spacial score (nSPS) is 5.60. The highest BCUT2D eigenvalue weighted by Gasteiger charge is 1.73. The average molecular weight is 168 g/mol. The van der Waals surface area contributed by atoms with Crippen LogP contribution in [0.2, 0.25) is 0 Å². The Kier molecular flexibility index (Phi) is 17.0. The Morgan fingerprint density at radius 3 is 1.70 bits per heavy atom. The van der Waals surface area contributed by atoms with Gasteiger partial charge in [0.25, 0.3) is 0 Å². The molecule has 0 bridgehead atoms. The summed E-state index contributed by atoms with van der Waals surface area (Å²) in [7, 11) is 0. The standard InChI is InChI=1S/C3H4O2.CH5N3.ClH/c1-2-3(4)5;2-1(3)4;/h2H,1H2,(H,4,5);(H5,2,3,4);1H. The maximum absolute atomic E-state index is 9.25. The van der Waals surface area contributed by atoms with E-state index in [1.807, 2.05) is 0 Å². The van der Waals surface area contributed by atoms with Crippen LogP contribution in [0.15, 0.2) is 12.7 Å². The van der Waals surface area contributed by atoms with Gasteiger partial charge in [0.1, 0.15) is 0 Å². The molecule has 0 aromatic rings. The molecule has 60 valence electrons. The fraction of sp³-hybridized carbons (Fsp3) is 0. The van der Waals surface area contributed by atoms with Crippen LogP contribution in [0.1, 0.15) is 0 Å². The Morgan fingerprint density at radius 2 is 1.70 bits per heavy atom. The summed E-state index contributed by atoms with van der Waals surface area (Å²) in [6.45, 7) is 2.96. The summed E-state index contributed by atoms with van der Waals surface area (Å²) in [6.07, 6.45) is 0.833. The summed E-state index contributed by atoms with van der Waals surface area (Å²) >= 11 is 0. The van der Waals surface area contributed by atoms with E-state index in [4.69, 9.17) is 10.5 Å². The molecule has 0 amide bonds. The molecule has 0 aliphatic heterocycles. The zero-order chi connectivity index (χ0) is 7.86. The van der Waals surface area contributed by atoms with Crippen molar-refractivity contribution in [3.63, 3.8) is 0 Å². The molecule has 0 saturated carbocycles. The molecule has 0 spiro atoms. The first kappa shape index (κ1) is 15.9. The van der Waals surface area contributed by atoms with Crippen LogP contribution in [0.3, 0.4) is 0 Å². The van der Waals surface area contributed by atoms with E-state index in [1.54, 1.807) is 0 Å². The topological polar surface area (TPSA) is 113 Å². The minimum atomic E-state index is -0.981. The molecule has 6 N–H and O–H groups in total. The van der Waals surface area contributed by atoms with Crippen LogP contribution >= 0.6 is 12.4 Å². The maximum atomic E-state index is 9.25. The Hall–Kier alpha value is -1.23. The van der Waals surface area contributed by atoms with Crippen molar-refractivity contribution in [1.29, 1.82) is 5.41 Å². The van der Waals surface area contributed by atoms with Crippen LogP contribution in [0.5, 0.6) is 0 Å². The Morgan fingerprint density at radius 1 is 1.60 bits per heavy atom. The van der Waals surface area contributed by atoms with Crippen molar-refractivity contribution in [3.05, 3.63) is 12.7 Å². The van der Waals surface area contributed by atoms with E-state index in [1.165, 1.54) is 0 Å². The minimum Gasteiger partial charge on any atom is -0.478 e. The van der Waals surface area contributed by atoms with Crippen molar-refractivity contribution in [2.24, 2.45) is 11.5 Å². The molecule has 6 heteroatoms. The highest BCUT2D eigenvalue weighted by Crippen LogP contribution is 1.54. The van der Waals surface area contributed by atoms with Crippen LogP contribution in [-0.2, 0) is 4.79 Å². The van der Waals surface area contributed by atoms with Gasteiger partial charge in [-0.2, -0.15) is 0 Å². The van der Waals surface area contributed by atoms with Gasteiger partial charge in [-0.05, 0) is 0 Å². The molecule has 5 nitrogen and oxygen atoms in total. The molecule has 0 unspecified atom stereocenters. The van der Waals surface area contributed by atoms with Crippen molar-refractivity contribution in [1.82, 2.24) is 0 Å². The third-order valence-corrected chi connectivity index (χ3v) is 0.175. The molecule has 0 aliphatic carbocycles. The first-order valence-electron chi connectivity index (χ1n) is 1.95. The van der Waals surface area contributed by atoms with Crippen molar-refractivity contribution < 1.29 is 9.90 Å². The molecule has 0 aliphatic rings. The van der Waals surface area contributed by atoms with Gasteiger partial charge in [-0.3, -0.25) is 5.41 Å². The lowest BCUT2D eigenvalue weighted by Crippen LogP contribution is -2.20. The first-order chi connectivity index (χ1) is 4.00. The molecule has 0 rings (SSSR count). The number of carbonyl (C=O) groups is 1. The largest absolute Gasteiger partial charge is 0.478 e. The van der Waals surface area contributed by atoms with Crippen LogP contribution in [0.4, 0.5) is 0 Å². The second-order valence-electron chi connectivity index (χ2n) is 0.998. The molecule has 0 atom stereocenters. The highest BCUT2D eigenvalue weighted by atomic mass is 35.5. The molecular formula is C4H10ClN3O2. The summed E-state index contributed by atoms with van der Waals surface area (Å²) in [5, 5.41) is 13.7. The third-order valence-electron chi connectivity index (χ3n) is 0.175. The van der Waals surface area contributed by atoms with Crippen LogP contribution in [0.25, 0.3) is 0 Å². The van der Waals surface area contributed by atoms with Gasteiger partial charge in [0.15, 0.2) is 5.96 Å². The van der Waals surface area contributed by atoms with Gasteiger partial charge in [-0.25, -0.2) is 4.79 Å². The Labute approximate surface area is 64.6 Å². The number of halogens is 1. The van der Waals surface area contributed by atoms with E-state index in [2.05, 4.69) is 18.0 Å². The summed E-state index contributed by atoms with van der Waals surface area (Å²) in [4.78, 5) is 9.25. The van der Waals surface area contributed by atoms with E-state index in [9.17, 15) is 4.79 Å². The number of nitrogens with two attached hydrogens (primary N) is 2. The lowest BCUT2D eigenvalue weighted by molar-refractivity contribution is -0.131. The van der Waals surface area contributed by atoms with E-state index in [0.29, 0.717) is 0 Å². The third kappa shape index (κ3) is 380. The Balaban J connectivity index is -0.0000000910. The van der Waals surface area contributed by atoms with Gasteiger partial charge in [-0.1, -0.05) is 6.58 Å². The SMILES string of the molecule is C=CC(=O)O.Cl.N=C(N)N. The molecular weight excluding hydrogens is 158 g/mol. The van der Waals surface area contributed by atoms with Crippen molar-refractivity contribution >= 4 is 24.3 Å². The van der Waals surface area contributed by atoms with Gasteiger partial charge >= 0.3 is 5.97 Å². The minimum absolute atomic E-state index is 0. The lowest BCUT2D eigenvalue weighted by Gasteiger charge is -1.69. The van der Waals surface area contributed by atoms with E-state index in [0.717, 1.165) is 6.08 Å². The number of carboxylic acid groups (broad SMARTS) is 1. The van der Waals surface area contributed by atoms with Crippen molar-refractivity contribution in [2.75, 3.05) is 0 Å². The van der Waals surface area contributed by atoms with E-state index in [-0.39, 0.29) is 18.4 Å². The smallest absolute Gasteiger partial charge is 0.327 e. The van der Waals surface area contributed by atoms with E-state index < -0.39 is 5.97 Å². The number of hydrogen-bond donors (Lipinski definition) is 4. The van der Waals surface area contributed by atoms with E-state index >= 15 is 0 Å². The zero-order valence-electron chi connectivity index (χ0n) is 5.20. The molecule has 0 fully saturated rings. The van der Waals surface area contributed by atoms with Gasteiger partial charge in [0.05, 0.1) is 0 Å². The van der Waals surface area contributed by atoms with Crippen LogP contribution in [0, 0.1) is 5.41 Å². The Bertz CT molecular complexity index is 122. The number of nitrogens with one attached hydrogen (secondary N) is 1. The van der Waals surface area contributed by atoms with Crippen LogP contribution in [-0.4, -0.2) is 17.0 Å². The van der Waals surface area contributed by atoms with Crippen molar-refractivity contribution in [3.8, 4) is 0 Å². The van der Waals surface area contributed by atoms with Crippen molar-refractivity contribution in [2.45, 2.75) is 0 Å². The predicted octanol–water partition coefficient (Wildman–Crippen LogP) is -0.483. The zero-order valence-corrected chi connectivity index (χ0v) is 6.02. The lowest BCUT2D eigenvalue weighted by atomic mass is 10.7. The molecule has 10 heavy (non-hydrogen) atoms. The van der Waals surface area contributed by atoms with Gasteiger partial charge in [0, 0.05) is 6.08 Å². The summed E-state index contributed by atoms with van der Waals surface area (Å²) in [5.74, 6) is -1.31. The fourth-order valence-electron chi connectivity index (χ4n) is 0. The summed E-state index contributed by atoms with van der Waals surface area (Å²) in [6, 6.07) is 0. The number of guanidine groups is 1. The summed E-state index contributed by atoms with van der Waals surface area (Å²) in [5.41, 5.74) is 8.94. The molecule has 0 aromatic carbocycles. The monoisotopic (exact) mass is 167 g/mol. The maximum Gasteiger partial charge on any atom is 0.327 e. The second-order valence-corrected chi connectivity index (χ2v) is 0.998. The first-order valence-corrected chi connectivity index (χ1v) is 1.95. The quantitative estimate of drug-likeness (QED) is 0.240. The van der Waals surface area contributed by atoms with Gasteiger partial charge in [-0.15, -0.1) is 12.4 Å². The summed E-state index contributed by atoms with van der Waals surface area (Å²) < 4.78 is 0. The predicted molar refractivity (Wildman–Crippen MR) is 41.2 cm³/mol. The van der Waals surface area contributed by atoms with Gasteiger partial charge in [0.2, 0.25) is 0 Å². The average Bonchev–Trinajstić information content (AvgIpc) is 1.65.